The Morgan fingerprint density at radius 3 is 2.19 bits per heavy atom. The third-order valence-electron chi connectivity index (χ3n) is 4.59. The molecule has 0 atom stereocenters. The summed E-state index contributed by atoms with van der Waals surface area (Å²) in [6.45, 7) is 13.4. The molecule has 2 aromatic rings. The first-order valence-corrected chi connectivity index (χ1v) is 14.7. The maximum Gasteiger partial charge on any atom is 0.269 e. The second-order valence-electron chi connectivity index (χ2n) is 7.37. The number of rotatable bonds is 9. The topological polar surface area (TPSA) is 73.6 Å². The highest BCUT2D eigenvalue weighted by molar-refractivity contribution is 9.10. The number of methoxy groups -OCH3 is 1. The molecule has 0 amide bonds. The molecule has 2 rings (SSSR count). The number of carbonyl (C=O) groups excluding carboxylic acids is 1. The van der Waals surface area contributed by atoms with E-state index in [0.717, 1.165) is 23.8 Å². The van der Waals surface area contributed by atoms with Gasteiger partial charge in [-0.05, 0) is 78.4 Å². The molecule has 0 saturated carbocycles. The smallest absolute Gasteiger partial charge is 0.269 e. The molecule has 0 N–H and O–H groups in total. The number of nitrogens with zero attached hydrogens (tertiary/aromatic N) is 3. The predicted molar refractivity (Wildman–Crippen MR) is 163 cm³/mol. The van der Waals surface area contributed by atoms with Gasteiger partial charge in [-0.1, -0.05) is 76.5 Å². The van der Waals surface area contributed by atoms with E-state index in [-0.39, 0.29) is 12.1 Å². The molecule has 0 saturated heterocycles. The van der Waals surface area contributed by atoms with Crippen LogP contribution >= 0.6 is 52.1 Å². The lowest BCUT2D eigenvalue weighted by Crippen LogP contribution is -2.26. The summed E-state index contributed by atoms with van der Waals surface area (Å²) in [6, 6.07) is 7.32. The van der Waals surface area contributed by atoms with Crippen LogP contribution in [0.4, 0.5) is 0 Å². The van der Waals surface area contributed by atoms with Crippen LogP contribution in [-0.4, -0.2) is 41.5 Å². The number of thiol groups is 1. The van der Waals surface area contributed by atoms with Crippen molar-refractivity contribution in [1.82, 2.24) is 9.55 Å². The quantitative estimate of drug-likeness (QED) is 0.103. The summed E-state index contributed by atoms with van der Waals surface area (Å²) >= 11 is 14.6. The average Bonchev–Trinajstić information content (AvgIpc) is 2.90. The lowest BCUT2D eigenvalue weighted by atomic mass is 10.0. The van der Waals surface area contributed by atoms with Crippen molar-refractivity contribution in [2.75, 3.05) is 20.0 Å². The lowest BCUT2D eigenvalue weighted by molar-refractivity contribution is -0.108. The van der Waals surface area contributed by atoms with Gasteiger partial charge in [-0.15, -0.1) is 0 Å². The molecule has 0 aliphatic heterocycles. The second kappa shape index (κ2) is 23.0. The number of halogens is 2. The minimum atomic E-state index is -0.266. The molecule has 1 aromatic heterocycles. The van der Waals surface area contributed by atoms with Crippen LogP contribution < -0.4 is 5.56 Å². The van der Waals surface area contributed by atoms with Crippen LogP contribution in [0.5, 0.6) is 0 Å². The summed E-state index contributed by atoms with van der Waals surface area (Å²) < 4.78 is 10.3. The second-order valence-corrected chi connectivity index (χ2v) is 9.58. The number of aryl methyl sites for hydroxylation is 1. The first-order chi connectivity index (χ1) is 17.2. The van der Waals surface area contributed by atoms with E-state index in [4.69, 9.17) is 11.6 Å². The third kappa shape index (κ3) is 14.6. The van der Waals surface area contributed by atoms with Crippen molar-refractivity contribution in [2.24, 2.45) is 10.3 Å². The first-order valence-electron chi connectivity index (χ1n) is 11.9. The van der Waals surface area contributed by atoms with E-state index < -0.39 is 0 Å². The molecule has 204 valence electrons. The monoisotopic (exact) mass is 621 g/mol. The number of aromatic nitrogens is 2. The van der Waals surface area contributed by atoms with Gasteiger partial charge in [0.05, 0.1) is 18.0 Å². The van der Waals surface area contributed by atoms with Crippen molar-refractivity contribution >= 4 is 64.1 Å². The summed E-state index contributed by atoms with van der Waals surface area (Å²) in [6.07, 6.45) is 4.87. The Morgan fingerprint density at radius 1 is 1.28 bits per heavy atom. The Hall–Kier alpha value is -1.13. The van der Waals surface area contributed by atoms with Crippen molar-refractivity contribution in [3.63, 3.8) is 0 Å². The third-order valence-corrected chi connectivity index (χ3v) is 6.56. The highest BCUT2D eigenvalue weighted by Gasteiger charge is 2.15. The molecule has 10 heteroatoms. The Morgan fingerprint density at radius 2 is 1.81 bits per heavy atom. The van der Waals surface area contributed by atoms with Crippen molar-refractivity contribution in [3.05, 3.63) is 55.4 Å². The van der Waals surface area contributed by atoms with Gasteiger partial charge in [0.25, 0.3) is 5.56 Å². The van der Waals surface area contributed by atoms with Crippen LogP contribution in [0, 0.1) is 5.92 Å². The molecule has 0 radical (unpaired) electrons. The number of carbonyl (C=O) groups is 1. The summed E-state index contributed by atoms with van der Waals surface area (Å²) in [7, 11) is 1.68. The minimum Gasteiger partial charge on any atom is -0.385 e. The summed E-state index contributed by atoms with van der Waals surface area (Å²) in [5.41, 5.74) is 2.05. The fourth-order valence-corrected chi connectivity index (χ4v) is 3.66. The standard InChI is InChI=1S/C16H15BrClN3O2S2.C5H12.C3H8O.C2H6/c1-25-16-19-13(14(17)15(23)21(16)8-9-22)7-6-12(20-24)10-2-4-11(18)5-3-10;1-4-5(2)3;1-3-4-2;1-2/h2-5,9,24H,6-8H2,1H3;5H,4H2,1-3H3;3H2,1-2H3;1-2H3/b20-12-;;;. The zero-order valence-corrected chi connectivity index (χ0v) is 26.7. The zero-order chi connectivity index (χ0) is 28.1. The van der Waals surface area contributed by atoms with Crippen LogP contribution in [0.25, 0.3) is 0 Å². The van der Waals surface area contributed by atoms with E-state index in [1.54, 1.807) is 19.2 Å². The van der Waals surface area contributed by atoms with Gasteiger partial charge in [-0.3, -0.25) is 9.36 Å². The number of hydrogen-bond donors (Lipinski definition) is 1. The highest BCUT2D eigenvalue weighted by Crippen LogP contribution is 2.19. The molecule has 0 spiro atoms. The van der Waals surface area contributed by atoms with Gasteiger partial charge >= 0.3 is 0 Å². The van der Waals surface area contributed by atoms with E-state index in [0.29, 0.717) is 39.5 Å². The van der Waals surface area contributed by atoms with Gasteiger partial charge < -0.3 is 9.53 Å². The molecule has 0 aliphatic rings. The Balaban J connectivity index is 0. The predicted octanol–water partition coefficient (Wildman–Crippen LogP) is 7.58. The molecule has 0 aliphatic carbocycles. The summed E-state index contributed by atoms with van der Waals surface area (Å²) in [5.74, 6) is 0.884. The molecule has 6 nitrogen and oxygen atoms in total. The minimum absolute atomic E-state index is 0.0188. The van der Waals surface area contributed by atoms with Gasteiger partial charge in [0.1, 0.15) is 10.8 Å². The molecular formula is C26H41BrClN3O3S2. The number of benzene rings is 1. The van der Waals surface area contributed by atoms with Gasteiger partial charge in [0.2, 0.25) is 0 Å². The number of ether oxygens (including phenoxy) is 1. The fraction of sp³-hybridized carbons (Fsp3) is 0.538. The normalized spacial score (nSPS) is 10.4. The van der Waals surface area contributed by atoms with Gasteiger partial charge in [0.15, 0.2) is 5.16 Å². The first kappa shape index (κ1) is 37.0. The van der Waals surface area contributed by atoms with E-state index >= 15 is 0 Å². The van der Waals surface area contributed by atoms with Gasteiger partial charge in [-0.2, -0.15) is 0 Å². The zero-order valence-electron chi connectivity index (χ0n) is 22.7. The van der Waals surface area contributed by atoms with Crippen molar-refractivity contribution in [3.8, 4) is 0 Å². The molecule has 36 heavy (non-hydrogen) atoms. The molecule has 1 heterocycles. The Kier molecular flexibility index (Phi) is 23.7. The number of thioether (sulfide) groups is 1. The van der Waals surface area contributed by atoms with E-state index in [2.05, 4.69) is 63.6 Å². The van der Waals surface area contributed by atoms with Crippen LogP contribution in [-0.2, 0) is 22.5 Å². The summed E-state index contributed by atoms with van der Waals surface area (Å²) in [4.78, 5) is 27.7. The van der Waals surface area contributed by atoms with Crippen LogP contribution in [0.1, 0.15) is 65.6 Å². The fourth-order valence-electron chi connectivity index (χ4n) is 2.24. The van der Waals surface area contributed by atoms with Crippen LogP contribution in [0.2, 0.25) is 5.02 Å². The SMILES string of the molecule is CC.CCC(C)C.CCOC.CSc1nc(CC/C(=N/S)c2ccc(Cl)cc2)c(Br)c(=O)n1CC=O. The van der Waals surface area contributed by atoms with E-state index in [1.165, 1.54) is 22.7 Å². The Bertz CT molecular complexity index is 951. The molecule has 0 bridgehead atoms. The number of aldehydes is 1. The number of hydrogen-bond acceptors (Lipinski definition) is 7. The van der Waals surface area contributed by atoms with Gasteiger partial charge in [0, 0.05) is 18.7 Å². The van der Waals surface area contributed by atoms with Crippen LogP contribution in [0.15, 0.2) is 43.1 Å². The van der Waals surface area contributed by atoms with Crippen molar-refractivity contribution in [1.29, 1.82) is 0 Å². The summed E-state index contributed by atoms with van der Waals surface area (Å²) in [5, 5.41) is 1.15. The van der Waals surface area contributed by atoms with Crippen LogP contribution in [0.3, 0.4) is 0 Å². The van der Waals surface area contributed by atoms with E-state index in [1.807, 2.05) is 39.2 Å². The Labute approximate surface area is 240 Å². The highest BCUT2D eigenvalue weighted by atomic mass is 79.9. The molecular weight excluding hydrogens is 582 g/mol. The largest absolute Gasteiger partial charge is 0.385 e. The van der Waals surface area contributed by atoms with Gasteiger partial charge in [-0.25, -0.2) is 9.38 Å². The van der Waals surface area contributed by atoms with E-state index in [9.17, 15) is 9.59 Å². The molecule has 0 fully saturated rings. The maximum absolute atomic E-state index is 12.4. The molecule has 1 aromatic carbocycles. The van der Waals surface area contributed by atoms with Crippen molar-refractivity contribution in [2.45, 2.75) is 72.5 Å². The lowest BCUT2D eigenvalue weighted by Gasteiger charge is -2.12. The molecule has 0 unspecified atom stereocenters. The maximum atomic E-state index is 12.4. The average molecular weight is 623 g/mol. The van der Waals surface area contributed by atoms with Crippen molar-refractivity contribution < 1.29 is 9.53 Å².